The molecule has 2 aromatic carbocycles. The maximum absolute atomic E-state index is 13.4. The van der Waals surface area contributed by atoms with E-state index in [9.17, 15) is 18.3 Å². The number of ketones is 1. The lowest BCUT2D eigenvalue weighted by molar-refractivity contribution is 0.103. The van der Waals surface area contributed by atoms with Crippen LogP contribution in [0, 0.1) is 0 Å². The lowest BCUT2D eigenvalue weighted by Gasteiger charge is -2.33. The van der Waals surface area contributed by atoms with Crippen LogP contribution in [0.5, 0.6) is 17.2 Å². The minimum absolute atomic E-state index is 0.0517. The number of hydrogen-bond donors (Lipinski definition) is 1. The first-order valence-electron chi connectivity index (χ1n) is 10.4. The molecule has 9 nitrogen and oxygen atoms in total. The molecule has 4 rings (SSSR count). The van der Waals surface area contributed by atoms with E-state index in [0.29, 0.717) is 71.9 Å². The second-order valence-electron chi connectivity index (χ2n) is 7.92. The highest BCUT2D eigenvalue weighted by Crippen LogP contribution is 2.35. The van der Waals surface area contributed by atoms with Gasteiger partial charge in [0.1, 0.15) is 17.6 Å². The summed E-state index contributed by atoms with van der Waals surface area (Å²) in [5, 5.41) is 11.2. The molecule has 0 aliphatic carbocycles. The number of sulfonamides is 1. The summed E-state index contributed by atoms with van der Waals surface area (Å²) >= 11 is 0. The fourth-order valence-corrected chi connectivity index (χ4v) is 4.92. The second kappa shape index (κ2) is 9.05. The van der Waals surface area contributed by atoms with Crippen LogP contribution >= 0.6 is 0 Å². The number of nitrogens with zero attached hydrogens (tertiary/aromatic N) is 2. The number of fused-ring (bicyclic) bond motifs is 1. The van der Waals surface area contributed by atoms with Crippen molar-refractivity contribution in [2.45, 2.75) is 6.54 Å². The molecule has 0 radical (unpaired) electrons. The van der Waals surface area contributed by atoms with Crippen LogP contribution in [0.1, 0.15) is 21.5 Å². The van der Waals surface area contributed by atoms with Crippen LogP contribution in [0.25, 0.3) is 11.0 Å². The van der Waals surface area contributed by atoms with Crippen molar-refractivity contribution in [2.24, 2.45) is 0 Å². The lowest BCUT2D eigenvalue weighted by atomic mass is 9.98. The summed E-state index contributed by atoms with van der Waals surface area (Å²) in [6.07, 6.45) is 2.60. The average molecular weight is 475 g/mol. The van der Waals surface area contributed by atoms with Gasteiger partial charge in [-0.25, -0.2) is 8.42 Å². The van der Waals surface area contributed by atoms with Gasteiger partial charge in [-0.15, -0.1) is 0 Å². The molecule has 0 unspecified atom stereocenters. The number of methoxy groups -OCH3 is 2. The molecule has 1 saturated heterocycles. The van der Waals surface area contributed by atoms with Gasteiger partial charge in [0, 0.05) is 49.2 Å². The third-order valence-electron chi connectivity index (χ3n) is 5.90. The van der Waals surface area contributed by atoms with Crippen LogP contribution in [0.2, 0.25) is 0 Å². The monoisotopic (exact) mass is 474 g/mol. The molecule has 176 valence electrons. The lowest BCUT2D eigenvalue weighted by Crippen LogP contribution is -2.47. The predicted molar refractivity (Wildman–Crippen MR) is 123 cm³/mol. The molecule has 0 spiro atoms. The molecule has 1 aliphatic rings. The smallest absolute Gasteiger partial charge is 0.211 e. The standard InChI is InChI=1S/C23H26N2O7S/c1-30-19-6-4-15(12-21(19)31-2)23(27)17-14-32-20-7-5-18(26)16(22(17)20)13-24-8-10-25(11-9-24)33(3,28)29/h4-7,12,14,26H,8-11,13H2,1-3H3. The van der Waals surface area contributed by atoms with Gasteiger partial charge in [-0.2, -0.15) is 4.31 Å². The molecular weight excluding hydrogens is 448 g/mol. The van der Waals surface area contributed by atoms with Crippen molar-refractivity contribution in [3.8, 4) is 17.2 Å². The normalized spacial score (nSPS) is 15.6. The van der Waals surface area contributed by atoms with Gasteiger partial charge in [0.15, 0.2) is 17.3 Å². The first kappa shape index (κ1) is 23.1. The van der Waals surface area contributed by atoms with Crippen molar-refractivity contribution in [1.29, 1.82) is 0 Å². The molecule has 3 aromatic rings. The molecule has 10 heteroatoms. The fraction of sp³-hybridized carbons (Fsp3) is 0.348. The summed E-state index contributed by atoms with van der Waals surface area (Å²) in [6.45, 7) is 2.13. The van der Waals surface area contributed by atoms with Crippen LogP contribution in [0.15, 0.2) is 41.0 Å². The molecular formula is C23H26N2O7S. The van der Waals surface area contributed by atoms with Gasteiger partial charge in [0.25, 0.3) is 0 Å². The van der Waals surface area contributed by atoms with Gasteiger partial charge in [-0.1, -0.05) is 0 Å². The zero-order valence-electron chi connectivity index (χ0n) is 18.7. The molecule has 1 aromatic heterocycles. The summed E-state index contributed by atoms with van der Waals surface area (Å²) in [6, 6.07) is 8.08. The van der Waals surface area contributed by atoms with Crippen molar-refractivity contribution in [2.75, 3.05) is 46.7 Å². The highest BCUT2D eigenvalue weighted by Gasteiger charge is 2.26. The Balaban J connectivity index is 1.67. The number of carbonyl (C=O) groups excluding carboxylic acids is 1. The summed E-state index contributed by atoms with van der Waals surface area (Å²) in [7, 11) is -0.216. The average Bonchev–Trinajstić information content (AvgIpc) is 3.24. The van der Waals surface area contributed by atoms with E-state index in [1.54, 1.807) is 30.3 Å². The van der Waals surface area contributed by atoms with E-state index in [1.807, 2.05) is 4.90 Å². The van der Waals surface area contributed by atoms with Crippen LogP contribution in [-0.4, -0.2) is 75.2 Å². The number of phenols is 1. The Bertz CT molecular complexity index is 1290. The van der Waals surface area contributed by atoms with Crippen molar-refractivity contribution < 1.29 is 32.2 Å². The van der Waals surface area contributed by atoms with Gasteiger partial charge in [0.05, 0.1) is 26.0 Å². The molecule has 2 heterocycles. The zero-order chi connectivity index (χ0) is 23.8. The summed E-state index contributed by atoms with van der Waals surface area (Å²) in [4.78, 5) is 15.4. The molecule has 0 saturated carbocycles. The van der Waals surface area contributed by atoms with E-state index in [4.69, 9.17) is 13.9 Å². The maximum Gasteiger partial charge on any atom is 0.211 e. The number of piperazine rings is 1. The third-order valence-corrected chi connectivity index (χ3v) is 7.20. The molecule has 1 aliphatic heterocycles. The van der Waals surface area contributed by atoms with Crippen LogP contribution in [0.3, 0.4) is 0 Å². The van der Waals surface area contributed by atoms with Gasteiger partial charge < -0.3 is 19.0 Å². The summed E-state index contributed by atoms with van der Waals surface area (Å²) in [5.74, 6) is 0.722. The Hall–Kier alpha value is -3.08. The van der Waals surface area contributed by atoms with Crippen molar-refractivity contribution >= 4 is 26.8 Å². The highest BCUT2D eigenvalue weighted by molar-refractivity contribution is 7.88. The summed E-state index contributed by atoms with van der Waals surface area (Å²) in [5.41, 5.74) is 1.78. The minimum atomic E-state index is -3.24. The SMILES string of the molecule is COc1ccc(C(=O)c2coc3ccc(O)c(CN4CCN(S(C)(=O)=O)CC4)c23)cc1OC. The quantitative estimate of drug-likeness (QED) is 0.520. The number of benzene rings is 2. The van der Waals surface area contributed by atoms with E-state index in [1.165, 1.54) is 31.0 Å². The molecule has 0 atom stereocenters. The summed E-state index contributed by atoms with van der Waals surface area (Å²) < 4.78 is 41.2. The van der Waals surface area contributed by atoms with Gasteiger partial charge in [-0.3, -0.25) is 9.69 Å². The third kappa shape index (κ3) is 4.54. The number of furan rings is 1. The molecule has 0 amide bonds. The molecule has 1 N–H and O–H groups in total. The molecule has 33 heavy (non-hydrogen) atoms. The van der Waals surface area contributed by atoms with Crippen molar-refractivity contribution in [3.05, 3.63) is 53.3 Å². The van der Waals surface area contributed by atoms with Crippen molar-refractivity contribution in [3.63, 3.8) is 0 Å². The van der Waals surface area contributed by atoms with Crippen LogP contribution in [-0.2, 0) is 16.6 Å². The topological polar surface area (TPSA) is 110 Å². The first-order chi connectivity index (χ1) is 15.7. The highest BCUT2D eigenvalue weighted by atomic mass is 32.2. The number of phenolic OH excluding ortho intramolecular Hbond substituents is 1. The zero-order valence-corrected chi connectivity index (χ0v) is 19.5. The van der Waals surface area contributed by atoms with Gasteiger partial charge in [-0.05, 0) is 30.3 Å². The Morgan fingerprint density at radius 3 is 2.39 bits per heavy atom. The largest absolute Gasteiger partial charge is 0.508 e. The van der Waals surface area contributed by atoms with E-state index in [-0.39, 0.29) is 11.5 Å². The maximum atomic E-state index is 13.4. The van der Waals surface area contributed by atoms with Crippen LogP contribution < -0.4 is 9.47 Å². The minimum Gasteiger partial charge on any atom is -0.508 e. The second-order valence-corrected chi connectivity index (χ2v) is 9.91. The van der Waals surface area contributed by atoms with Gasteiger partial charge >= 0.3 is 0 Å². The fourth-order valence-electron chi connectivity index (χ4n) is 4.09. The van der Waals surface area contributed by atoms with E-state index in [2.05, 4.69) is 0 Å². The Morgan fingerprint density at radius 2 is 1.76 bits per heavy atom. The first-order valence-corrected chi connectivity index (χ1v) is 12.2. The van der Waals surface area contributed by atoms with E-state index in [0.717, 1.165) is 0 Å². The number of rotatable bonds is 7. The van der Waals surface area contributed by atoms with Gasteiger partial charge in [0.2, 0.25) is 10.0 Å². The Kier molecular flexibility index (Phi) is 6.33. The molecule has 0 bridgehead atoms. The van der Waals surface area contributed by atoms with Crippen molar-refractivity contribution in [1.82, 2.24) is 9.21 Å². The van der Waals surface area contributed by atoms with E-state index < -0.39 is 10.0 Å². The number of carbonyl (C=O) groups is 1. The number of aromatic hydroxyl groups is 1. The number of hydrogen-bond acceptors (Lipinski definition) is 8. The Morgan fingerprint density at radius 1 is 1.06 bits per heavy atom. The van der Waals surface area contributed by atoms with Crippen LogP contribution in [0.4, 0.5) is 0 Å². The predicted octanol–water partition coefficient (Wildman–Crippen LogP) is 2.46. The molecule has 1 fully saturated rings. The Labute approximate surface area is 192 Å². The number of ether oxygens (including phenoxy) is 2. The van der Waals surface area contributed by atoms with E-state index >= 15 is 0 Å².